The number of carbonyl (C=O) groups is 1. The minimum atomic E-state index is -0.281. The van der Waals surface area contributed by atoms with E-state index < -0.39 is 0 Å². The van der Waals surface area contributed by atoms with E-state index in [0.29, 0.717) is 22.5 Å². The third-order valence-corrected chi connectivity index (χ3v) is 5.32. The Labute approximate surface area is 191 Å². The predicted molar refractivity (Wildman–Crippen MR) is 128 cm³/mol. The molecule has 0 fully saturated rings. The number of carbonyl (C=O) groups excluding carboxylic acids is 1. The molecule has 0 aliphatic rings. The first-order valence-electron chi connectivity index (χ1n) is 10.9. The third-order valence-electron chi connectivity index (χ3n) is 5.32. The van der Waals surface area contributed by atoms with Gasteiger partial charge >= 0.3 is 0 Å². The van der Waals surface area contributed by atoms with E-state index in [0.717, 1.165) is 24.1 Å². The molecule has 3 aromatic carbocycles. The van der Waals surface area contributed by atoms with Gasteiger partial charge in [0.05, 0.1) is 5.39 Å². The number of anilines is 1. The summed E-state index contributed by atoms with van der Waals surface area (Å²) >= 11 is 0. The lowest BCUT2D eigenvalue weighted by Crippen LogP contribution is -2.20. The molecule has 4 rings (SSSR count). The largest absolute Gasteiger partial charge is 0.484 e. The highest BCUT2D eigenvalue weighted by Gasteiger charge is 2.12. The zero-order valence-electron chi connectivity index (χ0n) is 18.6. The van der Waals surface area contributed by atoms with Crippen molar-refractivity contribution in [2.45, 2.75) is 26.7 Å². The van der Waals surface area contributed by atoms with Crippen LogP contribution in [0.15, 0.2) is 82.2 Å². The Bertz CT molecular complexity index is 1320. The monoisotopic (exact) mass is 443 g/mol. The van der Waals surface area contributed by atoms with Crippen LogP contribution in [0.5, 0.6) is 17.2 Å². The molecular formula is C27H25NO5. The van der Waals surface area contributed by atoms with Gasteiger partial charge in [-0.1, -0.05) is 44.2 Å². The van der Waals surface area contributed by atoms with Crippen LogP contribution in [0.1, 0.15) is 25.0 Å². The van der Waals surface area contributed by atoms with E-state index in [4.69, 9.17) is 13.9 Å². The molecule has 168 valence electrons. The van der Waals surface area contributed by atoms with Gasteiger partial charge in [0.2, 0.25) is 11.2 Å². The first-order chi connectivity index (χ1) is 16.1. The number of fused-ring (bicyclic) bond motifs is 1. The van der Waals surface area contributed by atoms with Gasteiger partial charge in [-0.25, -0.2) is 0 Å². The van der Waals surface area contributed by atoms with E-state index in [9.17, 15) is 9.59 Å². The molecule has 4 aromatic rings. The number of amides is 1. The second-order valence-corrected chi connectivity index (χ2v) is 7.53. The van der Waals surface area contributed by atoms with Crippen LogP contribution in [0, 0.1) is 0 Å². The van der Waals surface area contributed by atoms with E-state index >= 15 is 0 Å². The highest BCUT2D eigenvalue weighted by Crippen LogP contribution is 2.24. The van der Waals surface area contributed by atoms with Gasteiger partial charge in [-0.2, -0.15) is 0 Å². The minimum Gasteiger partial charge on any atom is -0.484 e. The number of ether oxygens (including phenoxy) is 2. The van der Waals surface area contributed by atoms with E-state index in [-0.39, 0.29) is 23.7 Å². The average Bonchev–Trinajstić information content (AvgIpc) is 2.85. The van der Waals surface area contributed by atoms with Gasteiger partial charge in [0.25, 0.3) is 5.91 Å². The average molecular weight is 443 g/mol. The lowest BCUT2D eigenvalue weighted by atomic mass is 10.1. The Morgan fingerprint density at radius 3 is 2.45 bits per heavy atom. The summed E-state index contributed by atoms with van der Waals surface area (Å²) in [6, 6.07) is 20.0. The molecule has 33 heavy (non-hydrogen) atoms. The first kappa shape index (κ1) is 22.1. The lowest BCUT2D eigenvalue weighted by Gasteiger charge is -2.11. The maximum Gasteiger partial charge on any atom is 0.262 e. The van der Waals surface area contributed by atoms with E-state index in [1.807, 2.05) is 55.5 Å². The molecule has 0 spiro atoms. The Balaban J connectivity index is 1.44. The summed E-state index contributed by atoms with van der Waals surface area (Å²) in [5, 5.41) is 3.23. The topological polar surface area (TPSA) is 77.8 Å². The van der Waals surface area contributed by atoms with Crippen LogP contribution in [0.25, 0.3) is 11.0 Å². The standard InChI is InChI=1S/C27H25NO5/c1-3-18-9-11-20(12-10-18)33-25-16-32-24-15-21(13-14-22(24)27(25)30)31-17-26(29)28-23-8-6-5-7-19(23)4-2/h5-16H,3-4,17H2,1-2H3,(H,28,29). The van der Waals surface area contributed by atoms with Crippen LogP contribution >= 0.6 is 0 Å². The maximum absolute atomic E-state index is 12.8. The quantitative estimate of drug-likeness (QED) is 0.376. The number of hydrogen-bond acceptors (Lipinski definition) is 5. The fourth-order valence-corrected chi connectivity index (χ4v) is 3.46. The van der Waals surface area contributed by atoms with Crippen molar-refractivity contribution in [2.75, 3.05) is 11.9 Å². The van der Waals surface area contributed by atoms with E-state index in [1.54, 1.807) is 18.2 Å². The number of rotatable bonds is 8. The molecule has 1 heterocycles. The van der Waals surface area contributed by atoms with Gasteiger partial charge in [0.1, 0.15) is 23.3 Å². The fourth-order valence-electron chi connectivity index (χ4n) is 3.46. The Kier molecular flexibility index (Phi) is 6.74. The zero-order chi connectivity index (χ0) is 23.2. The van der Waals surface area contributed by atoms with Crippen molar-refractivity contribution in [3.05, 3.63) is 94.3 Å². The molecule has 1 amide bonds. The first-order valence-corrected chi connectivity index (χ1v) is 10.9. The summed E-state index contributed by atoms with van der Waals surface area (Å²) in [4.78, 5) is 25.1. The molecule has 0 atom stereocenters. The van der Waals surface area contributed by atoms with Crippen molar-refractivity contribution in [1.82, 2.24) is 0 Å². The van der Waals surface area contributed by atoms with Gasteiger partial charge in [-0.15, -0.1) is 0 Å². The fraction of sp³-hybridized carbons (Fsp3) is 0.185. The van der Waals surface area contributed by atoms with Crippen molar-refractivity contribution >= 4 is 22.6 Å². The number of hydrogen-bond donors (Lipinski definition) is 1. The molecule has 0 bridgehead atoms. The van der Waals surface area contributed by atoms with Gasteiger partial charge in [0, 0.05) is 11.8 Å². The van der Waals surface area contributed by atoms with Crippen LogP contribution in [0.3, 0.4) is 0 Å². The Morgan fingerprint density at radius 2 is 1.70 bits per heavy atom. The smallest absolute Gasteiger partial charge is 0.262 e. The SMILES string of the molecule is CCc1ccc(Oc2coc3cc(OCC(=O)Nc4ccccc4CC)ccc3c2=O)cc1. The normalized spacial score (nSPS) is 10.7. The van der Waals surface area contributed by atoms with Gasteiger partial charge in [-0.3, -0.25) is 9.59 Å². The second kappa shape index (κ2) is 10.0. The molecule has 1 N–H and O–H groups in total. The molecule has 0 unspecified atom stereocenters. The molecule has 1 aromatic heterocycles. The van der Waals surface area contributed by atoms with E-state index in [2.05, 4.69) is 12.2 Å². The van der Waals surface area contributed by atoms with Gasteiger partial charge in [-0.05, 0) is 54.3 Å². The number of para-hydroxylation sites is 1. The summed E-state index contributed by atoms with van der Waals surface area (Å²) in [5.74, 6) is 0.826. The van der Waals surface area contributed by atoms with Crippen LogP contribution in [-0.2, 0) is 17.6 Å². The second-order valence-electron chi connectivity index (χ2n) is 7.53. The molecule has 0 aliphatic carbocycles. The number of aryl methyl sites for hydroxylation is 2. The summed E-state index contributed by atoms with van der Waals surface area (Å²) in [5.41, 5.74) is 3.08. The van der Waals surface area contributed by atoms with Crippen molar-refractivity contribution in [1.29, 1.82) is 0 Å². The van der Waals surface area contributed by atoms with Crippen LogP contribution in [0.4, 0.5) is 5.69 Å². The summed E-state index contributed by atoms with van der Waals surface area (Å²) < 4.78 is 16.9. The number of nitrogens with one attached hydrogen (secondary N) is 1. The van der Waals surface area contributed by atoms with E-state index in [1.165, 1.54) is 11.8 Å². The maximum atomic E-state index is 12.8. The zero-order valence-corrected chi connectivity index (χ0v) is 18.6. The Morgan fingerprint density at radius 1 is 0.939 bits per heavy atom. The van der Waals surface area contributed by atoms with Crippen LogP contribution in [0.2, 0.25) is 0 Å². The highest BCUT2D eigenvalue weighted by atomic mass is 16.5. The summed E-state index contributed by atoms with van der Waals surface area (Å²) in [6.07, 6.45) is 3.03. The minimum absolute atomic E-state index is 0.106. The third kappa shape index (κ3) is 5.23. The molecule has 0 saturated heterocycles. The molecule has 0 saturated carbocycles. The summed E-state index contributed by atoms with van der Waals surface area (Å²) in [7, 11) is 0. The van der Waals surface area contributed by atoms with Crippen molar-refractivity contribution in [3.63, 3.8) is 0 Å². The predicted octanol–water partition coefficient (Wildman–Crippen LogP) is 5.73. The van der Waals surface area contributed by atoms with Gasteiger partial charge in [0.15, 0.2) is 6.61 Å². The van der Waals surface area contributed by atoms with Crippen molar-refractivity contribution in [3.8, 4) is 17.2 Å². The van der Waals surface area contributed by atoms with Crippen molar-refractivity contribution < 1.29 is 18.7 Å². The van der Waals surface area contributed by atoms with Crippen molar-refractivity contribution in [2.24, 2.45) is 0 Å². The van der Waals surface area contributed by atoms with Crippen LogP contribution in [-0.4, -0.2) is 12.5 Å². The Hall–Kier alpha value is -4.06. The molecule has 6 heteroatoms. The lowest BCUT2D eigenvalue weighted by molar-refractivity contribution is -0.118. The van der Waals surface area contributed by atoms with Gasteiger partial charge < -0.3 is 19.2 Å². The molecule has 6 nitrogen and oxygen atoms in total. The van der Waals surface area contributed by atoms with Crippen LogP contribution < -0.4 is 20.2 Å². The number of benzene rings is 3. The molecule has 0 aliphatic heterocycles. The highest BCUT2D eigenvalue weighted by molar-refractivity contribution is 5.92. The molecular weight excluding hydrogens is 418 g/mol. The molecule has 0 radical (unpaired) electrons. The summed E-state index contributed by atoms with van der Waals surface area (Å²) in [6.45, 7) is 3.94.